The molecule has 0 atom stereocenters. The van der Waals surface area contributed by atoms with Crippen molar-refractivity contribution < 1.29 is 0 Å². The summed E-state index contributed by atoms with van der Waals surface area (Å²) in [6.45, 7) is 0. The minimum atomic E-state index is 0.775. The minimum Gasteiger partial charge on any atom is -0.361 e. The quantitative estimate of drug-likeness (QED) is 0.537. The minimum absolute atomic E-state index is 0.775. The fourth-order valence-corrected chi connectivity index (χ4v) is 2.42. The summed E-state index contributed by atoms with van der Waals surface area (Å²) in [5.74, 6) is 0.775. The number of imidazole rings is 1. The Bertz CT molecular complexity index is 776. The van der Waals surface area contributed by atoms with E-state index in [1.807, 2.05) is 30.5 Å². The van der Waals surface area contributed by atoms with Gasteiger partial charge < -0.3 is 9.97 Å². The fourth-order valence-electron chi connectivity index (χ4n) is 2.42. The highest BCUT2D eigenvalue weighted by Crippen LogP contribution is 2.35. The zero-order valence-electron chi connectivity index (χ0n) is 11.0. The molecule has 0 aliphatic rings. The van der Waals surface area contributed by atoms with E-state index in [9.17, 15) is 0 Å². The van der Waals surface area contributed by atoms with Crippen molar-refractivity contribution in [2.45, 2.75) is 0 Å². The third kappa shape index (κ3) is 1.93. The van der Waals surface area contributed by atoms with Crippen molar-refractivity contribution >= 4 is 0 Å². The number of rotatable bonds is 3. The first-order valence-electron chi connectivity index (χ1n) is 6.56. The number of aromatic amines is 3. The lowest BCUT2D eigenvalue weighted by Crippen LogP contribution is -1.95. The van der Waals surface area contributed by atoms with Gasteiger partial charge in [0.15, 0.2) is 0 Å². The molecule has 102 valence electrons. The highest BCUT2D eigenvalue weighted by Gasteiger charge is 2.17. The summed E-state index contributed by atoms with van der Waals surface area (Å²) in [4.78, 5) is 15.3. The Morgan fingerprint density at radius 2 is 1.81 bits per heavy atom. The maximum Gasteiger partial charge on any atom is 0.140 e. The van der Waals surface area contributed by atoms with Gasteiger partial charge in [0.25, 0.3) is 0 Å². The fraction of sp³-hybridized carbons (Fsp3) is 0. The Kier molecular flexibility index (Phi) is 2.64. The Morgan fingerprint density at radius 3 is 2.52 bits per heavy atom. The average molecular weight is 276 g/mol. The summed E-state index contributed by atoms with van der Waals surface area (Å²) in [6.07, 6.45) is 8.94. The van der Waals surface area contributed by atoms with Gasteiger partial charge in [-0.2, -0.15) is 5.10 Å². The first-order chi connectivity index (χ1) is 10.4. The normalized spacial score (nSPS) is 10.9. The molecule has 0 aliphatic carbocycles. The number of hydrogen-bond donors (Lipinski definition) is 3. The van der Waals surface area contributed by atoms with Crippen molar-refractivity contribution in [1.82, 2.24) is 30.1 Å². The van der Waals surface area contributed by atoms with Crippen LogP contribution in [0.15, 0.2) is 55.2 Å². The molecular weight excluding hydrogens is 264 g/mol. The lowest BCUT2D eigenvalue weighted by molar-refractivity contribution is 1.08. The maximum absolute atomic E-state index is 4.50. The zero-order chi connectivity index (χ0) is 14.1. The molecule has 0 saturated heterocycles. The van der Waals surface area contributed by atoms with Crippen LogP contribution in [0.1, 0.15) is 0 Å². The van der Waals surface area contributed by atoms with Crippen molar-refractivity contribution in [1.29, 1.82) is 0 Å². The second-order valence-corrected chi connectivity index (χ2v) is 4.57. The van der Waals surface area contributed by atoms with Gasteiger partial charge in [-0.05, 0) is 24.3 Å². The topological polar surface area (TPSA) is 86.0 Å². The van der Waals surface area contributed by atoms with E-state index in [-0.39, 0.29) is 0 Å². The predicted octanol–water partition coefficient (Wildman–Crippen LogP) is 2.86. The molecule has 0 spiro atoms. The van der Waals surface area contributed by atoms with Gasteiger partial charge >= 0.3 is 0 Å². The van der Waals surface area contributed by atoms with Crippen LogP contribution in [0.2, 0.25) is 0 Å². The van der Waals surface area contributed by atoms with Gasteiger partial charge in [-0.1, -0.05) is 0 Å². The van der Waals surface area contributed by atoms with Gasteiger partial charge in [-0.25, -0.2) is 4.98 Å². The van der Waals surface area contributed by atoms with Gasteiger partial charge in [-0.15, -0.1) is 0 Å². The number of aromatic nitrogens is 6. The van der Waals surface area contributed by atoms with E-state index in [1.54, 1.807) is 24.8 Å². The van der Waals surface area contributed by atoms with Crippen LogP contribution in [0.5, 0.6) is 0 Å². The van der Waals surface area contributed by atoms with E-state index >= 15 is 0 Å². The largest absolute Gasteiger partial charge is 0.361 e. The number of nitrogens with zero attached hydrogens (tertiary/aromatic N) is 3. The van der Waals surface area contributed by atoms with Crippen molar-refractivity contribution in [3.05, 3.63) is 55.2 Å². The molecular formula is C15H12N6. The third-order valence-electron chi connectivity index (χ3n) is 3.33. The molecule has 0 bridgehead atoms. The molecule has 4 heterocycles. The van der Waals surface area contributed by atoms with Crippen molar-refractivity contribution in [3.63, 3.8) is 0 Å². The van der Waals surface area contributed by atoms with Gasteiger partial charge in [0.2, 0.25) is 0 Å². The van der Waals surface area contributed by atoms with E-state index in [1.165, 1.54) is 0 Å². The molecule has 0 aliphatic heterocycles. The Labute approximate surface area is 120 Å². The zero-order valence-corrected chi connectivity index (χ0v) is 11.0. The third-order valence-corrected chi connectivity index (χ3v) is 3.33. The monoisotopic (exact) mass is 276 g/mol. The standard InChI is InChI=1S/C15H12N6/c1-2-11(16-5-1)10-3-6-17-14(12-4-7-20-21-12)13(10)15-18-8-9-19-15/h1-9,16H,(H,18,19)(H,20,21). The number of H-pyrrole nitrogens is 3. The lowest BCUT2D eigenvalue weighted by Gasteiger charge is -2.10. The highest BCUT2D eigenvalue weighted by atomic mass is 15.1. The number of pyridine rings is 1. The molecule has 4 aromatic heterocycles. The summed E-state index contributed by atoms with van der Waals surface area (Å²) in [6, 6.07) is 7.87. The molecule has 0 amide bonds. The molecule has 4 aromatic rings. The van der Waals surface area contributed by atoms with Crippen LogP contribution >= 0.6 is 0 Å². The van der Waals surface area contributed by atoms with E-state index in [4.69, 9.17) is 0 Å². The summed E-state index contributed by atoms with van der Waals surface area (Å²) < 4.78 is 0. The lowest BCUT2D eigenvalue weighted by atomic mass is 10.0. The second kappa shape index (κ2) is 4.75. The van der Waals surface area contributed by atoms with Crippen LogP contribution in [0.4, 0.5) is 0 Å². The molecule has 0 unspecified atom stereocenters. The van der Waals surface area contributed by atoms with E-state index in [2.05, 4.69) is 30.1 Å². The van der Waals surface area contributed by atoms with Crippen LogP contribution in [0.25, 0.3) is 34.0 Å². The van der Waals surface area contributed by atoms with Gasteiger partial charge in [0.05, 0.1) is 17.0 Å². The molecule has 0 aromatic carbocycles. The van der Waals surface area contributed by atoms with E-state index in [0.717, 1.165) is 34.0 Å². The smallest absolute Gasteiger partial charge is 0.140 e. The average Bonchev–Trinajstić information content (AvgIpc) is 3.28. The molecule has 0 fully saturated rings. The van der Waals surface area contributed by atoms with Crippen molar-refractivity contribution in [3.8, 4) is 34.0 Å². The maximum atomic E-state index is 4.50. The van der Waals surface area contributed by atoms with Crippen molar-refractivity contribution in [2.24, 2.45) is 0 Å². The van der Waals surface area contributed by atoms with Crippen molar-refractivity contribution in [2.75, 3.05) is 0 Å². The van der Waals surface area contributed by atoms with Crippen LogP contribution < -0.4 is 0 Å². The molecule has 3 N–H and O–H groups in total. The number of hydrogen-bond acceptors (Lipinski definition) is 3. The summed E-state index contributed by atoms with van der Waals surface area (Å²) >= 11 is 0. The second-order valence-electron chi connectivity index (χ2n) is 4.57. The summed E-state index contributed by atoms with van der Waals surface area (Å²) in [5.41, 5.74) is 4.66. The molecule has 6 heteroatoms. The Balaban J connectivity index is 2.03. The summed E-state index contributed by atoms with van der Waals surface area (Å²) in [5, 5.41) is 6.97. The van der Waals surface area contributed by atoms with Gasteiger partial charge in [0, 0.05) is 42.2 Å². The number of nitrogens with one attached hydrogen (secondary N) is 3. The Morgan fingerprint density at radius 1 is 0.810 bits per heavy atom. The van der Waals surface area contributed by atoms with Crippen LogP contribution in [-0.4, -0.2) is 30.1 Å². The van der Waals surface area contributed by atoms with E-state index < -0.39 is 0 Å². The highest BCUT2D eigenvalue weighted by molar-refractivity contribution is 5.88. The van der Waals surface area contributed by atoms with Crippen LogP contribution in [-0.2, 0) is 0 Å². The molecule has 6 nitrogen and oxygen atoms in total. The molecule has 0 radical (unpaired) electrons. The first-order valence-corrected chi connectivity index (χ1v) is 6.56. The van der Waals surface area contributed by atoms with Crippen LogP contribution in [0.3, 0.4) is 0 Å². The SMILES string of the molecule is c1c[nH]c(-c2ccnc(-c3ccn[nH]3)c2-c2ncc[nH]2)c1. The Hall–Kier alpha value is -3.15. The van der Waals surface area contributed by atoms with Gasteiger partial charge in [0.1, 0.15) is 5.82 Å². The molecule has 4 rings (SSSR count). The van der Waals surface area contributed by atoms with Crippen LogP contribution in [0, 0.1) is 0 Å². The molecule has 0 saturated carbocycles. The predicted molar refractivity (Wildman–Crippen MR) is 79.2 cm³/mol. The summed E-state index contributed by atoms with van der Waals surface area (Å²) in [7, 11) is 0. The van der Waals surface area contributed by atoms with E-state index in [0.29, 0.717) is 0 Å². The van der Waals surface area contributed by atoms with Gasteiger partial charge in [-0.3, -0.25) is 10.1 Å². The molecule has 21 heavy (non-hydrogen) atoms. The first kappa shape index (κ1) is 11.7.